The van der Waals surface area contributed by atoms with Crippen molar-refractivity contribution in [3.05, 3.63) is 0 Å². The normalized spacial score (nSPS) is 23.3. The SMILES string of the molecule is COC(=O)C1CC(NCC(C)(C)C)CN(C(=O)C(C)C)C1. The smallest absolute Gasteiger partial charge is 0.310 e. The van der Waals surface area contributed by atoms with Gasteiger partial charge in [-0.3, -0.25) is 9.59 Å². The summed E-state index contributed by atoms with van der Waals surface area (Å²) < 4.78 is 4.87. The highest BCUT2D eigenvalue weighted by Gasteiger charge is 2.35. The highest BCUT2D eigenvalue weighted by atomic mass is 16.5. The number of rotatable bonds is 4. The molecule has 21 heavy (non-hydrogen) atoms. The van der Waals surface area contributed by atoms with Gasteiger partial charge in [0.1, 0.15) is 0 Å². The van der Waals surface area contributed by atoms with E-state index in [0.717, 1.165) is 13.0 Å². The lowest BCUT2D eigenvalue weighted by molar-refractivity contribution is -0.150. The number of carbonyl (C=O) groups is 2. The van der Waals surface area contributed by atoms with Crippen LogP contribution in [0.3, 0.4) is 0 Å². The van der Waals surface area contributed by atoms with Crippen LogP contribution in [0.1, 0.15) is 41.0 Å². The van der Waals surface area contributed by atoms with Crippen LogP contribution in [-0.4, -0.2) is 49.6 Å². The van der Waals surface area contributed by atoms with Crippen molar-refractivity contribution >= 4 is 11.9 Å². The molecule has 1 amide bonds. The molecule has 0 aromatic heterocycles. The van der Waals surface area contributed by atoms with Crippen LogP contribution in [0.4, 0.5) is 0 Å². The Morgan fingerprint density at radius 2 is 1.90 bits per heavy atom. The second-order valence-corrected chi connectivity index (χ2v) is 7.49. The topological polar surface area (TPSA) is 58.6 Å². The lowest BCUT2D eigenvalue weighted by Crippen LogP contribution is -2.54. The number of hydrogen-bond acceptors (Lipinski definition) is 4. The van der Waals surface area contributed by atoms with Crippen LogP contribution in [0.15, 0.2) is 0 Å². The van der Waals surface area contributed by atoms with Crippen molar-refractivity contribution in [2.24, 2.45) is 17.3 Å². The van der Waals surface area contributed by atoms with Crippen LogP contribution in [0, 0.1) is 17.3 Å². The number of likely N-dealkylation sites (tertiary alicyclic amines) is 1. The lowest BCUT2D eigenvalue weighted by Gasteiger charge is -2.38. The van der Waals surface area contributed by atoms with E-state index in [9.17, 15) is 9.59 Å². The molecule has 1 aliphatic rings. The Morgan fingerprint density at radius 3 is 2.38 bits per heavy atom. The van der Waals surface area contributed by atoms with Crippen LogP contribution in [-0.2, 0) is 14.3 Å². The quantitative estimate of drug-likeness (QED) is 0.802. The maximum absolute atomic E-state index is 12.2. The van der Waals surface area contributed by atoms with Crippen molar-refractivity contribution in [3.8, 4) is 0 Å². The minimum Gasteiger partial charge on any atom is -0.469 e. The van der Waals surface area contributed by atoms with Crippen molar-refractivity contribution in [2.75, 3.05) is 26.7 Å². The molecule has 0 aromatic carbocycles. The Labute approximate surface area is 128 Å². The zero-order valence-corrected chi connectivity index (χ0v) is 14.2. The molecular formula is C16H30N2O3. The number of carbonyl (C=O) groups excluding carboxylic acids is 2. The standard InChI is InChI=1S/C16H30N2O3/c1-11(2)14(19)18-8-12(15(20)21-6)7-13(9-18)17-10-16(3,4)5/h11-13,17H,7-10H2,1-6H3. The van der Waals surface area contributed by atoms with E-state index < -0.39 is 0 Å². The third kappa shape index (κ3) is 5.65. The average Bonchev–Trinajstić information content (AvgIpc) is 2.42. The summed E-state index contributed by atoms with van der Waals surface area (Å²) in [5, 5.41) is 3.49. The van der Waals surface area contributed by atoms with Gasteiger partial charge in [-0.15, -0.1) is 0 Å². The summed E-state index contributed by atoms with van der Waals surface area (Å²) in [4.78, 5) is 25.9. The first-order valence-corrected chi connectivity index (χ1v) is 7.74. The first-order chi connectivity index (χ1) is 9.64. The van der Waals surface area contributed by atoms with Gasteiger partial charge in [0.25, 0.3) is 0 Å². The Bertz CT molecular complexity index is 374. The monoisotopic (exact) mass is 298 g/mol. The Morgan fingerprint density at radius 1 is 1.29 bits per heavy atom. The molecule has 0 spiro atoms. The molecule has 5 heteroatoms. The summed E-state index contributed by atoms with van der Waals surface area (Å²) in [5.74, 6) is -0.404. The van der Waals surface area contributed by atoms with Crippen molar-refractivity contribution in [3.63, 3.8) is 0 Å². The van der Waals surface area contributed by atoms with E-state index in [-0.39, 0.29) is 35.2 Å². The Kier molecular flexibility index (Phi) is 6.20. The predicted octanol–water partition coefficient (Wildman–Crippen LogP) is 1.67. The van der Waals surface area contributed by atoms with Crippen LogP contribution >= 0.6 is 0 Å². The van der Waals surface area contributed by atoms with Crippen LogP contribution in [0.5, 0.6) is 0 Å². The number of ether oxygens (including phenoxy) is 1. The van der Waals surface area contributed by atoms with Gasteiger partial charge in [-0.2, -0.15) is 0 Å². The predicted molar refractivity (Wildman–Crippen MR) is 82.8 cm³/mol. The van der Waals surface area contributed by atoms with Gasteiger partial charge in [-0.05, 0) is 11.8 Å². The first-order valence-electron chi connectivity index (χ1n) is 7.74. The summed E-state index contributed by atoms with van der Waals surface area (Å²) >= 11 is 0. The number of nitrogens with zero attached hydrogens (tertiary/aromatic N) is 1. The van der Waals surface area contributed by atoms with E-state index in [4.69, 9.17) is 4.74 Å². The van der Waals surface area contributed by atoms with E-state index in [0.29, 0.717) is 13.1 Å². The van der Waals surface area contributed by atoms with E-state index in [2.05, 4.69) is 26.1 Å². The summed E-state index contributed by atoms with van der Waals surface area (Å²) in [5.41, 5.74) is 0.172. The van der Waals surface area contributed by atoms with Gasteiger partial charge in [-0.1, -0.05) is 34.6 Å². The second kappa shape index (κ2) is 7.25. The molecule has 1 rings (SSSR count). The third-order valence-electron chi connectivity index (χ3n) is 3.71. The molecule has 1 fully saturated rings. The number of hydrogen-bond donors (Lipinski definition) is 1. The average molecular weight is 298 g/mol. The van der Waals surface area contributed by atoms with E-state index in [1.54, 1.807) is 4.90 Å². The molecule has 1 heterocycles. The maximum atomic E-state index is 12.2. The first kappa shape index (κ1) is 18.0. The molecule has 2 atom stereocenters. The summed E-state index contributed by atoms with van der Waals surface area (Å²) in [6.07, 6.45) is 0.727. The van der Waals surface area contributed by atoms with Crippen molar-refractivity contribution < 1.29 is 14.3 Å². The Hall–Kier alpha value is -1.10. The van der Waals surface area contributed by atoms with Gasteiger partial charge in [0, 0.05) is 31.6 Å². The van der Waals surface area contributed by atoms with E-state index >= 15 is 0 Å². The number of methoxy groups -OCH3 is 1. The largest absolute Gasteiger partial charge is 0.469 e. The van der Waals surface area contributed by atoms with Gasteiger partial charge in [0.2, 0.25) is 5.91 Å². The zero-order valence-electron chi connectivity index (χ0n) is 14.2. The minimum atomic E-state index is -0.232. The molecule has 5 nitrogen and oxygen atoms in total. The lowest BCUT2D eigenvalue weighted by atomic mass is 9.91. The molecule has 122 valence electrons. The number of nitrogens with one attached hydrogen (secondary N) is 1. The summed E-state index contributed by atoms with van der Waals surface area (Å²) in [6.45, 7) is 12.3. The number of amides is 1. The Balaban J connectivity index is 2.75. The number of piperidine rings is 1. The van der Waals surface area contributed by atoms with Gasteiger partial charge < -0.3 is 15.0 Å². The third-order valence-corrected chi connectivity index (χ3v) is 3.71. The van der Waals surface area contributed by atoms with E-state index in [1.165, 1.54) is 7.11 Å². The summed E-state index contributed by atoms with van der Waals surface area (Å²) in [7, 11) is 1.41. The fourth-order valence-corrected chi connectivity index (χ4v) is 2.58. The molecule has 1 N–H and O–H groups in total. The molecule has 1 saturated heterocycles. The van der Waals surface area contributed by atoms with E-state index in [1.807, 2.05) is 13.8 Å². The highest BCUT2D eigenvalue weighted by molar-refractivity contribution is 5.80. The van der Waals surface area contributed by atoms with Gasteiger partial charge in [0.05, 0.1) is 13.0 Å². The molecule has 0 radical (unpaired) electrons. The van der Waals surface area contributed by atoms with Crippen molar-refractivity contribution in [2.45, 2.75) is 47.1 Å². The molecular weight excluding hydrogens is 268 g/mol. The van der Waals surface area contributed by atoms with Gasteiger partial charge in [0.15, 0.2) is 0 Å². The van der Waals surface area contributed by atoms with Gasteiger partial charge in [-0.25, -0.2) is 0 Å². The maximum Gasteiger partial charge on any atom is 0.310 e. The van der Waals surface area contributed by atoms with Gasteiger partial charge >= 0.3 is 5.97 Å². The van der Waals surface area contributed by atoms with Crippen LogP contribution in [0.25, 0.3) is 0 Å². The van der Waals surface area contributed by atoms with Crippen molar-refractivity contribution in [1.82, 2.24) is 10.2 Å². The molecule has 0 saturated carbocycles. The molecule has 0 aliphatic carbocycles. The zero-order chi connectivity index (χ0) is 16.2. The molecule has 2 unspecified atom stereocenters. The molecule has 1 aliphatic heterocycles. The fraction of sp³-hybridized carbons (Fsp3) is 0.875. The van der Waals surface area contributed by atoms with Crippen LogP contribution in [0.2, 0.25) is 0 Å². The summed E-state index contributed by atoms with van der Waals surface area (Å²) in [6, 6.07) is 0.143. The van der Waals surface area contributed by atoms with Crippen LogP contribution < -0.4 is 5.32 Å². The fourth-order valence-electron chi connectivity index (χ4n) is 2.58. The minimum absolute atomic E-state index is 0.0512. The molecule has 0 bridgehead atoms. The number of esters is 1. The molecule has 0 aromatic rings. The highest BCUT2D eigenvalue weighted by Crippen LogP contribution is 2.21. The van der Waals surface area contributed by atoms with Crippen molar-refractivity contribution in [1.29, 1.82) is 0 Å². The second-order valence-electron chi connectivity index (χ2n) is 7.49.